The average Bonchev–Trinajstić information content (AvgIpc) is 3.40. The summed E-state index contributed by atoms with van der Waals surface area (Å²) in [7, 11) is 0. The minimum Gasteiger partial charge on any atom is -0.380 e. The monoisotopic (exact) mass is 574 g/mol. The first-order chi connectivity index (χ1) is 18.7. The van der Waals surface area contributed by atoms with Crippen LogP contribution >= 0.6 is 0 Å². The number of rotatable bonds is 17. The van der Waals surface area contributed by atoms with Crippen molar-refractivity contribution in [1.82, 2.24) is 25.2 Å². The molecular formula is C31H54N6O4. The second kappa shape index (κ2) is 13.2. The Hall–Kier alpha value is -2.59. The van der Waals surface area contributed by atoms with Crippen LogP contribution in [-0.2, 0) is 31.1 Å². The molecule has 3 N–H and O–H groups in total. The van der Waals surface area contributed by atoms with Gasteiger partial charge in [0.05, 0.1) is 25.5 Å². The Morgan fingerprint density at radius 2 is 1.54 bits per heavy atom. The largest absolute Gasteiger partial charge is 0.380 e. The van der Waals surface area contributed by atoms with Gasteiger partial charge in [-0.2, -0.15) is 0 Å². The van der Waals surface area contributed by atoms with Gasteiger partial charge in [-0.15, -0.1) is 5.10 Å². The number of hydrogen-bond acceptors (Lipinski definition) is 7. The van der Waals surface area contributed by atoms with Crippen LogP contribution in [0.4, 0.5) is 0 Å². The first-order valence-electron chi connectivity index (χ1n) is 14.7. The summed E-state index contributed by atoms with van der Waals surface area (Å²) >= 11 is 0. The van der Waals surface area contributed by atoms with Crippen molar-refractivity contribution in [3.05, 3.63) is 24.0 Å². The van der Waals surface area contributed by atoms with E-state index in [-0.39, 0.29) is 52.3 Å². The number of nitrogens with zero attached hydrogens (tertiary/aromatic N) is 4. The summed E-state index contributed by atoms with van der Waals surface area (Å²) in [6, 6.07) is 0. The predicted molar refractivity (Wildman–Crippen MR) is 161 cm³/mol. The molecule has 0 aliphatic carbocycles. The van der Waals surface area contributed by atoms with Crippen LogP contribution in [-0.4, -0.2) is 69.5 Å². The van der Waals surface area contributed by atoms with Crippen LogP contribution in [0, 0.1) is 16.2 Å². The molecule has 10 heteroatoms. The summed E-state index contributed by atoms with van der Waals surface area (Å²) < 4.78 is 7.94. The van der Waals surface area contributed by atoms with Gasteiger partial charge in [0.15, 0.2) is 0 Å². The molecule has 1 aromatic rings. The standard InChI is InChI=1S/C31H54N6O4/c1-11-27(2,3)17-28(4,5)18-31(10,32)20-36-16-23(34-35-36)30(8,9)22-41-21-29(6,7)19-33-24(38)14-15-37-25(39)12-13-26(37)40/h12-13,16H,11,14-15,17-22,32H2,1-10H3,(H,33,38). The van der Waals surface area contributed by atoms with Gasteiger partial charge in [-0.1, -0.05) is 73.9 Å². The highest BCUT2D eigenvalue weighted by Gasteiger charge is 2.35. The second-order valence-electron chi connectivity index (χ2n) is 15.2. The molecule has 1 aromatic heterocycles. The van der Waals surface area contributed by atoms with Crippen molar-refractivity contribution in [2.24, 2.45) is 22.0 Å². The Morgan fingerprint density at radius 1 is 0.927 bits per heavy atom. The summed E-state index contributed by atoms with van der Waals surface area (Å²) in [5.74, 6) is -0.981. The third-order valence-corrected chi connectivity index (χ3v) is 7.73. The fraction of sp³-hybridized carbons (Fsp3) is 0.774. The summed E-state index contributed by atoms with van der Waals surface area (Å²) in [6.45, 7) is 23.7. The minimum atomic E-state index is -0.427. The maximum absolute atomic E-state index is 12.3. The van der Waals surface area contributed by atoms with E-state index < -0.39 is 5.54 Å². The lowest BCUT2D eigenvalue weighted by atomic mass is 9.69. The van der Waals surface area contributed by atoms with Gasteiger partial charge < -0.3 is 15.8 Å². The third-order valence-electron chi connectivity index (χ3n) is 7.73. The number of hydrogen-bond donors (Lipinski definition) is 2. The van der Waals surface area contributed by atoms with Crippen LogP contribution in [0.2, 0.25) is 0 Å². The van der Waals surface area contributed by atoms with Crippen LogP contribution in [0.25, 0.3) is 0 Å². The molecular weight excluding hydrogens is 520 g/mol. The number of amides is 3. The Morgan fingerprint density at radius 3 is 2.12 bits per heavy atom. The highest BCUT2D eigenvalue weighted by molar-refractivity contribution is 6.13. The molecule has 1 aliphatic rings. The molecule has 2 heterocycles. The van der Waals surface area contributed by atoms with E-state index in [1.807, 2.05) is 24.7 Å². The molecule has 41 heavy (non-hydrogen) atoms. The Bertz CT molecular complexity index is 1080. The van der Waals surface area contributed by atoms with Gasteiger partial charge in [-0.25, -0.2) is 0 Å². The fourth-order valence-electron chi connectivity index (χ4n) is 5.69. The van der Waals surface area contributed by atoms with E-state index in [1.54, 1.807) is 0 Å². The Kier molecular flexibility index (Phi) is 11.1. The van der Waals surface area contributed by atoms with E-state index >= 15 is 0 Å². The molecule has 0 fully saturated rings. The van der Waals surface area contributed by atoms with E-state index in [1.165, 1.54) is 12.2 Å². The lowest BCUT2D eigenvalue weighted by molar-refractivity contribution is -0.137. The molecule has 0 aromatic carbocycles. The van der Waals surface area contributed by atoms with Crippen LogP contribution in [0.3, 0.4) is 0 Å². The van der Waals surface area contributed by atoms with Crippen LogP contribution in [0.15, 0.2) is 18.3 Å². The summed E-state index contributed by atoms with van der Waals surface area (Å²) in [6.07, 6.45) is 7.58. The molecule has 10 nitrogen and oxygen atoms in total. The molecule has 1 aliphatic heterocycles. The quantitative estimate of drug-likeness (QED) is 0.269. The van der Waals surface area contributed by atoms with E-state index in [4.69, 9.17) is 10.5 Å². The fourth-order valence-corrected chi connectivity index (χ4v) is 5.69. The van der Waals surface area contributed by atoms with Crippen molar-refractivity contribution in [1.29, 1.82) is 0 Å². The van der Waals surface area contributed by atoms with E-state index in [0.717, 1.165) is 29.9 Å². The first kappa shape index (κ1) is 34.6. The molecule has 0 radical (unpaired) electrons. The molecule has 0 spiro atoms. The van der Waals surface area contributed by atoms with Gasteiger partial charge in [0.25, 0.3) is 11.8 Å². The average molecular weight is 575 g/mol. The normalized spacial score (nSPS) is 16.4. The SMILES string of the molecule is CCC(C)(C)CC(C)(C)CC(C)(N)Cn1cc(C(C)(C)COCC(C)(C)CNC(=O)CCN2C(=O)C=CC2=O)nn1. The number of ether oxygens (including phenoxy) is 1. The van der Waals surface area contributed by atoms with Crippen LogP contribution < -0.4 is 11.1 Å². The van der Waals surface area contributed by atoms with Crippen molar-refractivity contribution in [3.8, 4) is 0 Å². The van der Waals surface area contributed by atoms with E-state index in [0.29, 0.717) is 26.3 Å². The Labute approximate surface area is 246 Å². The first-order valence-corrected chi connectivity index (χ1v) is 14.7. The number of imide groups is 1. The summed E-state index contributed by atoms with van der Waals surface area (Å²) in [5, 5.41) is 11.7. The van der Waals surface area contributed by atoms with Gasteiger partial charge in [-0.05, 0) is 30.6 Å². The smallest absolute Gasteiger partial charge is 0.253 e. The molecule has 1 atom stereocenters. The molecule has 0 saturated carbocycles. The zero-order valence-electron chi connectivity index (χ0n) is 27.1. The second-order valence-corrected chi connectivity index (χ2v) is 15.2. The molecule has 3 amide bonds. The van der Waals surface area contributed by atoms with Crippen molar-refractivity contribution in [2.45, 2.75) is 112 Å². The zero-order chi connectivity index (χ0) is 31.3. The van der Waals surface area contributed by atoms with Crippen molar-refractivity contribution >= 4 is 17.7 Å². The van der Waals surface area contributed by atoms with Crippen LogP contribution in [0.1, 0.15) is 101 Å². The lowest BCUT2D eigenvalue weighted by Crippen LogP contribution is -2.45. The summed E-state index contributed by atoms with van der Waals surface area (Å²) in [5.41, 5.74) is 6.89. The highest BCUT2D eigenvalue weighted by Crippen LogP contribution is 2.40. The Balaban J connectivity index is 1.82. The maximum atomic E-state index is 12.3. The van der Waals surface area contributed by atoms with E-state index in [9.17, 15) is 14.4 Å². The van der Waals surface area contributed by atoms with Gasteiger partial charge >= 0.3 is 0 Å². The predicted octanol–water partition coefficient (Wildman–Crippen LogP) is 3.99. The number of aromatic nitrogens is 3. The van der Waals surface area contributed by atoms with Gasteiger partial charge in [0, 0.05) is 54.2 Å². The molecule has 1 unspecified atom stereocenters. The van der Waals surface area contributed by atoms with E-state index in [2.05, 4.69) is 71.0 Å². The van der Waals surface area contributed by atoms with Gasteiger partial charge in [0.1, 0.15) is 0 Å². The summed E-state index contributed by atoms with van der Waals surface area (Å²) in [4.78, 5) is 36.6. The number of nitrogens with two attached hydrogens (primary N) is 1. The number of carbonyl (C=O) groups excluding carboxylic acids is 3. The highest BCUT2D eigenvalue weighted by atomic mass is 16.5. The van der Waals surface area contributed by atoms with Crippen molar-refractivity contribution in [3.63, 3.8) is 0 Å². The maximum Gasteiger partial charge on any atom is 0.253 e. The van der Waals surface area contributed by atoms with Crippen LogP contribution in [0.5, 0.6) is 0 Å². The number of carbonyl (C=O) groups is 3. The molecule has 2 rings (SSSR count). The van der Waals surface area contributed by atoms with Gasteiger partial charge in [-0.3, -0.25) is 24.0 Å². The molecule has 232 valence electrons. The third kappa shape index (κ3) is 11.3. The zero-order valence-corrected chi connectivity index (χ0v) is 27.1. The topological polar surface area (TPSA) is 132 Å². The number of nitrogens with one attached hydrogen (secondary N) is 1. The van der Waals surface area contributed by atoms with Crippen molar-refractivity contribution in [2.75, 3.05) is 26.3 Å². The molecule has 0 saturated heterocycles. The van der Waals surface area contributed by atoms with Crippen molar-refractivity contribution < 1.29 is 19.1 Å². The minimum absolute atomic E-state index is 0.0643. The molecule has 0 bridgehead atoms. The van der Waals surface area contributed by atoms with Gasteiger partial charge in [0.2, 0.25) is 5.91 Å². The lowest BCUT2D eigenvalue weighted by Gasteiger charge is -2.39.